The van der Waals surface area contributed by atoms with E-state index in [4.69, 9.17) is 4.98 Å². The van der Waals surface area contributed by atoms with E-state index in [0.29, 0.717) is 42.0 Å². The molecule has 1 aromatic carbocycles. The van der Waals surface area contributed by atoms with Crippen molar-refractivity contribution in [2.45, 2.75) is 28.8 Å². The number of amides is 2. The summed E-state index contributed by atoms with van der Waals surface area (Å²) in [6, 6.07) is 11.5. The molecule has 3 aromatic heterocycles. The van der Waals surface area contributed by atoms with Crippen molar-refractivity contribution in [3.05, 3.63) is 61.4 Å². The predicted octanol–water partition coefficient (Wildman–Crippen LogP) is 4.56. The average Bonchev–Trinajstić information content (AvgIpc) is 3.75. The van der Waals surface area contributed by atoms with E-state index in [1.165, 1.54) is 11.3 Å². The van der Waals surface area contributed by atoms with Crippen LogP contribution in [0.4, 0.5) is 10.7 Å². The zero-order valence-corrected chi connectivity index (χ0v) is 24.3. The summed E-state index contributed by atoms with van der Waals surface area (Å²) < 4.78 is 27.8. The molecule has 5 heterocycles. The van der Waals surface area contributed by atoms with E-state index < -0.39 is 15.2 Å². The van der Waals surface area contributed by atoms with Gasteiger partial charge in [-0.3, -0.25) is 4.90 Å². The molecule has 2 aliphatic heterocycles. The fourth-order valence-electron chi connectivity index (χ4n) is 5.48. The largest absolute Gasteiger partial charge is 0.361 e. The highest BCUT2D eigenvalue weighted by atomic mass is 32.2. The van der Waals surface area contributed by atoms with Gasteiger partial charge in [0, 0.05) is 49.7 Å². The molecule has 10 nitrogen and oxygen atoms in total. The number of nitrogens with zero attached hydrogens (tertiary/aromatic N) is 4. The summed E-state index contributed by atoms with van der Waals surface area (Å²) in [5, 5.41) is 6.34. The molecular weight excluding hydrogens is 558 g/mol. The third kappa shape index (κ3) is 5.59. The highest BCUT2D eigenvalue weighted by Crippen LogP contribution is 2.38. The number of sulfone groups is 1. The van der Waals surface area contributed by atoms with Crippen molar-refractivity contribution in [1.29, 1.82) is 0 Å². The predicted molar refractivity (Wildman–Crippen MR) is 163 cm³/mol. The number of benzene rings is 1. The molecule has 1 unspecified atom stereocenters. The first-order valence-corrected chi connectivity index (χ1v) is 16.2. The zero-order chi connectivity index (χ0) is 28.4. The SMILES string of the molecule is C=CC(N1CCCCC1)S(=O)(=O)c1ccc(-c2nc(NCCN3CCNC3=O)ncc2-c2ccc3[nH]ccc3c2)s1. The lowest BCUT2D eigenvalue weighted by atomic mass is 10.0. The Morgan fingerprint density at radius 1 is 1.12 bits per heavy atom. The Balaban J connectivity index is 1.33. The van der Waals surface area contributed by atoms with Crippen molar-refractivity contribution >= 4 is 44.1 Å². The lowest BCUT2D eigenvalue weighted by molar-refractivity contribution is 0.219. The standard InChI is InChI=1S/C29H33N7O3S2/c1-2-25(35-14-4-3-5-15-35)41(38,39)26-9-8-24(40-26)27-22(20-6-7-23-21(18-20)10-11-30-23)19-33-28(34-27)31-12-16-36-17-13-32-29(36)37/h2,6-11,18-19,25,30H,1,3-5,12-17H2,(H,32,37)(H,31,33,34). The number of H-pyrrole nitrogens is 1. The van der Waals surface area contributed by atoms with Crippen LogP contribution in [0.5, 0.6) is 0 Å². The second kappa shape index (κ2) is 11.6. The van der Waals surface area contributed by atoms with Gasteiger partial charge in [-0.15, -0.1) is 17.9 Å². The van der Waals surface area contributed by atoms with Crippen LogP contribution >= 0.6 is 11.3 Å². The highest BCUT2D eigenvalue weighted by Gasteiger charge is 2.33. The van der Waals surface area contributed by atoms with Crippen LogP contribution in [0.1, 0.15) is 19.3 Å². The van der Waals surface area contributed by atoms with Gasteiger partial charge >= 0.3 is 6.03 Å². The number of thiophene rings is 1. The molecule has 2 amide bonds. The number of urea groups is 1. The molecule has 0 saturated carbocycles. The van der Waals surface area contributed by atoms with Gasteiger partial charge in [-0.25, -0.2) is 23.2 Å². The van der Waals surface area contributed by atoms with Gasteiger partial charge in [0.25, 0.3) is 0 Å². The van der Waals surface area contributed by atoms with Gasteiger partial charge in [-0.2, -0.15) is 0 Å². The maximum Gasteiger partial charge on any atom is 0.317 e. The van der Waals surface area contributed by atoms with Crippen LogP contribution in [-0.4, -0.2) is 83.8 Å². The van der Waals surface area contributed by atoms with E-state index in [-0.39, 0.29) is 6.03 Å². The molecule has 0 bridgehead atoms. The van der Waals surface area contributed by atoms with Crippen LogP contribution in [0.3, 0.4) is 0 Å². The number of hydrogen-bond donors (Lipinski definition) is 3. The molecular formula is C29H33N7O3S2. The Labute approximate surface area is 243 Å². The Morgan fingerprint density at radius 3 is 2.76 bits per heavy atom. The van der Waals surface area contributed by atoms with Crippen LogP contribution in [0.15, 0.2) is 65.7 Å². The number of likely N-dealkylation sites (tertiary alicyclic amines) is 1. The van der Waals surface area contributed by atoms with Gasteiger partial charge in [0.1, 0.15) is 9.58 Å². The smallest absolute Gasteiger partial charge is 0.317 e. The minimum Gasteiger partial charge on any atom is -0.361 e. The lowest BCUT2D eigenvalue weighted by Gasteiger charge is -2.31. The van der Waals surface area contributed by atoms with Crippen LogP contribution in [-0.2, 0) is 9.84 Å². The molecule has 0 aliphatic carbocycles. The second-order valence-corrected chi connectivity index (χ2v) is 13.6. The summed E-state index contributed by atoms with van der Waals surface area (Å²) in [7, 11) is -3.66. The first kappa shape index (κ1) is 27.4. The molecule has 2 aliphatic rings. The molecule has 0 spiro atoms. The van der Waals surface area contributed by atoms with E-state index in [1.807, 2.05) is 35.4 Å². The number of nitrogens with one attached hydrogen (secondary N) is 3. The number of carbonyl (C=O) groups is 1. The summed E-state index contributed by atoms with van der Waals surface area (Å²) in [6.45, 7) is 7.69. The fourth-order valence-corrected chi connectivity index (χ4v) is 8.60. The van der Waals surface area contributed by atoms with E-state index in [0.717, 1.165) is 59.3 Å². The quantitative estimate of drug-likeness (QED) is 0.231. The maximum absolute atomic E-state index is 13.8. The molecule has 2 fully saturated rings. The highest BCUT2D eigenvalue weighted by molar-refractivity contribution is 7.94. The Kier molecular flexibility index (Phi) is 7.78. The van der Waals surface area contributed by atoms with Gasteiger partial charge in [-0.1, -0.05) is 18.6 Å². The van der Waals surface area contributed by atoms with Gasteiger partial charge in [0.15, 0.2) is 0 Å². The average molecular weight is 592 g/mol. The number of fused-ring (bicyclic) bond motifs is 1. The third-order valence-electron chi connectivity index (χ3n) is 7.63. The molecule has 41 heavy (non-hydrogen) atoms. The van der Waals surface area contributed by atoms with Crippen LogP contribution in [0.2, 0.25) is 0 Å². The number of hydrogen-bond acceptors (Lipinski definition) is 8. The molecule has 4 aromatic rings. The van der Waals surface area contributed by atoms with Gasteiger partial charge in [-0.05, 0) is 67.2 Å². The van der Waals surface area contributed by atoms with Crippen molar-refractivity contribution in [3.8, 4) is 21.7 Å². The number of anilines is 1. The topological polar surface area (TPSA) is 123 Å². The molecule has 2 saturated heterocycles. The van der Waals surface area contributed by atoms with E-state index >= 15 is 0 Å². The third-order valence-corrected chi connectivity index (χ3v) is 11.3. The number of aromatic nitrogens is 3. The van der Waals surface area contributed by atoms with Crippen LogP contribution in [0.25, 0.3) is 32.6 Å². The molecule has 214 valence electrons. The van der Waals surface area contributed by atoms with E-state index in [1.54, 1.807) is 23.2 Å². The first-order valence-electron chi connectivity index (χ1n) is 13.9. The molecule has 12 heteroatoms. The minimum atomic E-state index is -3.66. The number of rotatable bonds is 10. The van der Waals surface area contributed by atoms with Crippen molar-refractivity contribution < 1.29 is 13.2 Å². The summed E-state index contributed by atoms with van der Waals surface area (Å²) in [5.41, 5.74) is 3.41. The van der Waals surface area contributed by atoms with Gasteiger partial charge < -0.3 is 20.5 Å². The fraction of sp³-hybridized carbons (Fsp3) is 0.345. The molecule has 6 rings (SSSR count). The van der Waals surface area contributed by atoms with E-state index in [9.17, 15) is 13.2 Å². The van der Waals surface area contributed by atoms with Gasteiger partial charge in [0.2, 0.25) is 15.8 Å². The summed E-state index contributed by atoms with van der Waals surface area (Å²) in [4.78, 5) is 29.0. The summed E-state index contributed by atoms with van der Waals surface area (Å²) >= 11 is 1.22. The number of piperidine rings is 1. The number of carbonyl (C=O) groups excluding carboxylic acids is 1. The number of aromatic amines is 1. The van der Waals surface area contributed by atoms with Crippen LogP contribution < -0.4 is 10.6 Å². The lowest BCUT2D eigenvalue weighted by Crippen LogP contribution is -2.42. The van der Waals surface area contributed by atoms with Crippen molar-refractivity contribution in [2.75, 3.05) is 44.6 Å². The summed E-state index contributed by atoms with van der Waals surface area (Å²) in [6.07, 6.45) is 8.32. The Hall–Kier alpha value is -3.74. The first-order chi connectivity index (χ1) is 19.9. The zero-order valence-electron chi connectivity index (χ0n) is 22.7. The second-order valence-electron chi connectivity index (χ2n) is 10.3. The van der Waals surface area contributed by atoms with Crippen LogP contribution in [0, 0.1) is 0 Å². The summed E-state index contributed by atoms with van der Waals surface area (Å²) in [5.74, 6) is 0.418. The normalized spacial score (nSPS) is 17.1. The minimum absolute atomic E-state index is 0.0707. The molecule has 1 atom stereocenters. The monoisotopic (exact) mass is 591 g/mol. The maximum atomic E-state index is 13.8. The Morgan fingerprint density at radius 2 is 1.98 bits per heavy atom. The molecule has 0 radical (unpaired) electrons. The Bertz CT molecular complexity index is 1670. The van der Waals surface area contributed by atoms with E-state index in [2.05, 4.69) is 33.2 Å². The van der Waals surface area contributed by atoms with Crippen molar-refractivity contribution in [2.24, 2.45) is 0 Å². The molecule has 3 N–H and O–H groups in total. The van der Waals surface area contributed by atoms with Crippen molar-refractivity contribution in [1.82, 2.24) is 30.1 Å². The van der Waals surface area contributed by atoms with Gasteiger partial charge in [0.05, 0.1) is 10.6 Å². The van der Waals surface area contributed by atoms with Crippen molar-refractivity contribution in [3.63, 3.8) is 0 Å².